The number of pyridine rings is 1. The summed E-state index contributed by atoms with van der Waals surface area (Å²) in [5.41, 5.74) is 5.32. The summed E-state index contributed by atoms with van der Waals surface area (Å²) in [4.78, 5) is 40.7. The average molecular weight is 657 g/mol. The number of aromatic nitrogens is 4. The number of ether oxygens (including phenoxy) is 1. The van der Waals surface area contributed by atoms with Gasteiger partial charge in [-0.3, -0.25) is 14.0 Å². The van der Waals surface area contributed by atoms with Crippen molar-refractivity contribution in [3.8, 4) is 39.4 Å². The highest BCUT2D eigenvalue weighted by Gasteiger charge is 2.23. The van der Waals surface area contributed by atoms with Gasteiger partial charge in [-0.2, -0.15) is 0 Å². The number of benzene rings is 2. The summed E-state index contributed by atoms with van der Waals surface area (Å²) in [6.45, 7) is 2.82. The van der Waals surface area contributed by atoms with Crippen LogP contribution in [0.4, 0.5) is 5.82 Å². The van der Waals surface area contributed by atoms with Crippen LogP contribution in [0, 0.1) is 0 Å². The molecule has 2 fully saturated rings. The van der Waals surface area contributed by atoms with Crippen LogP contribution in [0.1, 0.15) is 24.8 Å². The molecule has 5 aromatic rings. The molecule has 0 bridgehead atoms. The van der Waals surface area contributed by atoms with Crippen LogP contribution in [-0.4, -0.2) is 58.0 Å². The SMILES string of the molecule is COc1nc(-c2cccc(-c3cccc(-c4ccn5c(=O)c(CNC[C@@H]6CCC(=O)N6)cnc5c4)c3Cl)c2Cl)cnc1N1CCC1. The van der Waals surface area contributed by atoms with Crippen LogP contribution in [0.5, 0.6) is 5.88 Å². The molecule has 1 atom stereocenters. The molecule has 2 aliphatic rings. The van der Waals surface area contributed by atoms with Gasteiger partial charge < -0.3 is 20.3 Å². The number of hydrogen-bond donors (Lipinski definition) is 2. The van der Waals surface area contributed by atoms with Gasteiger partial charge in [-0.25, -0.2) is 15.0 Å². The fourth-order valence-corrected chi connectivity index (χ4v) is 6.55. The van der Waals surface area contributed by atoms with Crippen LogP contribution >= 0.6 is 23.2 Å². The van der Waals surface area contributed by atoms with Gasteiger partial charge >= 0.3 is 0 Å². The lowest BCUT2D eigenvalue weighted by molar-refractivity contribution is -0.119. The van der Waals surface area contributed by atoms with Crippen LogP contribution in [-0.2, 0) is 11.3 Å². The molecule has 12 heteroatoms. The normalized spacial score (nSPS) is 16.0. The van der Waals surface area contributed by atoms with Crippen molar-refractivity contribution in [2.45, 2.75) is 31.8 Å². The predicted octanol–water partition coefficient (Wildman–Crippen LogP) is 5.38. The van der Waals surface area contributed by atoms with Gasteiger partial charge in [0.2, 0.25) is 5.91 Å². The van der Waals surface area contributed by atoms with Crippen molar-refractivity contribution in [2.24, 2.45) is 0 Å². The van der Waals surface area contributed by atoms with E-state index in [0.717, 1.165) is 54.0 Å². The minimum Gasteiger partial charge on any atom is -0.478 e. The lowest BCUT2D eigenvalue weighted by Gasteiger charge is -2.32. The molecule has 0 spiro atoms. The second kappa shape index (κ2) is 12.7. The number of methoxy groups -OCH3 is 1. The highest BCUT2D eigenvalue weighted by molar-refractivity contribution is 6.39. The molecule has 1 amide bonds. The zero-order chi connectivity index (χ0) is 31.8. The monoisotopic (exact) mass is 655 g/mol. The molecule has 2 aliphatic heterocycles. The van der Waals surface area contributed by atoms with Crippen LogP contribution in [0.2, 0.25) is 10.0 Å². The van der Waals surface area contributed by atoms with E-state index >= 15 is 0 Å². The van der Waals surface area contributed by atoms with Crippen LogP contribution < -0.4 is 25.8 Å². The summed E-state index contributed by atoms with van der Waals surface area (Å²) in [5.74, 6) is 1.26. The van der Waals surface area contributed by atoms with Gasteiger partial charge in [-0.1, -0.05) is 59.6 Å². The second-order valence-electron chi connectivity index (χ2n) is 11.4. The summed E-state index contributed by atoms with van der Waals surface area (Å²) >= 11 is 14.1. The molecular formula is C34H31Cl2N7O3. The Kier molecular flexibility index (Phi) is 8.33. The number of carbonyl (C=O) groups is 1. The fourth-order valence-electron chi connectivity index (χ4n) is 5.89. The zero-order valence-corrected chi connectivity index (χ0v) is 26.6. The topological polar surface area (TPSA) is 114 Å². The molecule has 0 radical (unpaired) electrons. The molecule has 0 unspecified atom stereocenters. The quantitative estimate of drug-likeness (QED) is 0.218. The first-order valence-electron chi connectivity index (χ1n) is 15.2. The number of nitrogens with zero attached hydrogens (tertiary/aromatic N) is 5. The number of anilines is 1. The third-order valence-electron chi connectivity index (χ3n) is 8.52. The molecule has 46 heavy (non-hydrogen) atoms. The van der Waals surface area contributed by atoms with Crippen molar-refractivity contribution < 1.29 is 9.53 Å². The van der Waals surface area contributed by atoms with Crippen molar-refractivity contribution in [3.63, 3.8) is 0 Å². The van der Waals surface area contributed by atoms with E-state index < -0.39 is 0 Å². The first-order chi connectivity index (χ1) is 22.4. The number of hydrogen-bond acceptors (Lipinski definition) is 8. The Morgan fingerprint density at radius 2 is 1.72 bits per heavy atom. The van der Waals surface area contributed by atoms with Gasteiger partial charge in [0, 0.05) is 78.9 Å². The minimum absolute atomic E-state index is 0.0661. The first kappa shape index (κ1) is 30.2. The standard InChI is InChI=1S/C34H31Cl2N7O3/c1-46-33-32(42-12-4-13-42)39-19-27(41-33)26-8-3-7-25(31(26)36)24-6-2-5-23(30(24)35)20-11-14-43-28(15-20)38-17-21(34(43)45)16-37-18-22-9-10-29(44)40-22/h2-3,5-8,11,14-15,17,19,22,37H,4,9-10,12-13,16,18H2,1H3,(H,40,44)/t22-/m0/s1. The summed E-state index contributed by atoms with van der Waals surface area (Å²) in [5, 5.41) is 7.20. The second-order valence-corrected chi connectivity index (χ2v) is 12.2. The molecule has 3 aromatic heterocycles. The highest BCUT2D eigenvalue weighted by atomic mass is 35.5. The Morgan fingerprint density at radius 3 is 2.41 bits per heavy atom. The van der Waals surface area contributed by atoms with E-state index in [1.54, 1.807) is 25.7 Å². The van der Waals surface area contributed by atoms with E-state index in [1.807, 2.05) is 48.5 Å². The molecular weight excluding hydrogens is 625 g/mol. The molecule has 2 aromatic carbocycles. The van der Waals surface area contributed by atoms with E-state index in [-0.39, 0.29) is 17.5 Å². The fraction of sp³-hybridized carbons (Fsp3) is 0.265. The van der Waals surface area contributed by atoms with Crippen LogP contribution in [0.25, 0.3) is 39.2 Å². The van der Waals surface area contributed by atoms with E-state index in [0.29, 0.717) is 57.9 Å². The van der Waals surface area contributed by atoms with Gasteiger partial charge in [-0.15, -0.1) is 0 Å². The lowest BCUT2D eigenvalue weighted by atomic mass is 9.97. The van der Waals surface area contributed by atoms with Crippen molar-refractivity contribution >= 4 is 40.6 Å². The highest BCUT2D eigenvalue weighted by Crippen LogP contribution is 2.42. The van der Waals surface area contributed by atoms with Gasteiger partial charge in [0.1, 0.15) is 5.65 Å². The molecule has 0 aliphatic carbocycles. The molecule has 2 N–H and O–H groups in total. The number of carbonyl (C=O) groups excluding carboxylic acids is 1. The minimum atomic E-state index is -0.152. The lowest BCUT2D eigenvalue weighted by Crippen LogP contribution is -2.38. The third-order valence-corrected chi connectivity index (χ3v) is 9.33. The van der Waals surface area contributed by atoms with E-state index in [1.165, 1.54) is 4.40 Å². The Balaban J connectivity index is 1.16. The number of nitrogens with one attached hydrogen (secondary N) is 2. The summed E-state index contributed by atoms with van der Waals surface area (Å²) < 4.78 is 7.09. The van der Waals surface area contributed by atoms with Crippen molar-refractivity contribution in [1.82, 2.24) is 30.0 Å². The molecule has 10 nitrogen and oxygen atoms in total. The molecule has 7 rings (SSSR count). The van der Waals surface area contributed by atoms with E-state index in [4.69, 9.17) is 32.9 Å². The maximum Gasteiger partial charge on any atom is 0.262 e. The van der Waals surface area contributed by atoms with Crippen LogP contribution in [0.15, 0.2) is 71.9 Å². The Hall–Kier alpha value is -4.51. The maximum absolute atomic E-state index is 13.2. The van der Waals surface area contributed by atoms with Crippen molar-refractivity contribution in [2.75, 3.05) is 31.6 Å². The number of fused-ring (bicyclic) bond motifs is 1. The van der Waals surface area contributed by atoms with E-state index in [9.17, 15) is 9.59 Å². The van der Waals surface area contributed by atoms with Crippen molar-refractivity contribution in [3.05, 3.63) is 93.1 Å². The molecule has 0 saturated carbocycles. The largest absolute Gasteiger partial charge is 0.478 e. The van der Waals surface area contributed by atoms with Crippen molar-refractivity contribution in [1.29, 1.82) is 0 Å². The van der Waals surface area contributed by atoms with Gasteiger partial charge in [0.25, 0.3) is 11.4 Å². The Bertz CT molecular complexity index is 2030. The molecule has 234 valence electrons. The first-order valence-corrected chi connectivity index (χ1v) is 15.9. The van der Waals surface area contributed by atoms with E-state index in [2.05, 4.69) is 25.5 Å². The molecule has 5 heterocycles. The number of halogens is 2. The van der Waals surface area contributed by atoms with Gasteiger partial charge in [-0.05, 0) is 30.5 Å². The summed E-state index contributed by atoms with van der Waals surface area (Å²) in [6, 6.07) is 15.3. The van der Waals surface area contributed by atoms with Gasteiger partial charge in [0.15, 0.2) is 5.82 Å². The summed E-state index contributed by atoms with van der Waals surface area (Å²) in [7, 11) is 1.59. The Labute approximate surface area is 275 Å². The molecule has 2 saturated heterocycles. The maximum atomic E-state index is 13.2. The third kappa shape index (κ3) is 5.68. The van der Waals surface area contributed by atoms with Gasteiger partial charge in [0.05, 0.1) is 29.0 Å². The van der Waals surface area contributed by atoms with Crippen LogP contribution in [0.3, 0.4) is 0 Å². The Morgan fingerprint density at radius 1 is 0.978 bits per heavy atom. The summed E-state index contributed by atoms with van der Waals surface area (Å²) in [6.07, 6.45) is 7.49. The zero-order valence-electron chi connectivity index (χ0n) is 25.1. The number of amides is 1. The number of rotatable bonds is 9. The average Bonchev–Trinajstić information content (AvgIpc) is 3.46. The predicted molar refractivity (Wildman–Crippen MR) is 180 cm³/mol. The smallest absolute Gasteiger partial charge is 0.262 e.